The molecule has 39 heavy (non-hydrogen) atoms. The SMILES string of the molecule is N#Cc1c(O)ccc(C(=O)OC(=O)c2occc2-c2cccc(OCC(O)c3ccccc3)c2)c1C(=O)NN. The second-order valence-corrected chi connectivity index (χ2v) is 8.07. The molecule has 0 saturated carbocycles. The van der Waals surface area contributed by atoms with Gasteiger partial charge in [0.25, 0.3) is 5.91 Å². The predicted molar refractivity (Wildman–Crippen MR) is 135 cm³/mol. The smallest absolute Gasteiger partial charge is 0.382 e. The molecule has 196 valence electrons. The maximum absolute atomic E-state index is 12.9. The maximum Gasteiger partial charge on any atom is 0.382 e. The minimum absolute atomic E-state index is 0.0156. The fourth-order valence-corrected chi connectivity index (χ4v) is 3.76. The Kier molecular flexibility index (Phi) is 8.01. The first-order chi connectivity index (χ1) is 18.8. The summed E-state index contributed by atoms with van der Waals surface area (Å²) in [5.41, 5.74) is 1.71. The zero-order chi connectivity index (χ0) is 27.9. The molecule has 11 nitrogen and oxygen atoms in total. The molecule has 5 N–H and O–H groups in total. The van der Waals surface area contributed by atoms with Crippen LogP contribution in [0, 0.1) is 11.3 Å². The van der Waals surface area contributed by atoms with Crippen molar-refractivity contribution in [1.29, 1.82) is 5.26 Å². The molecule has 1 amide bonds. The quantitative estimate of drug-likeness (QED) is 0.0871. The summed E-state index contributed by atoms with van der Waals surface area (Å²) >= 11 is 0. The number of esters is 2. The second kappa shape index (κ2) is 11.7. The summed E-state index contributed by atoms with van der Waals surface area (Å²) in [5, 5.41) is 29.5. The number of hydrogen-bond donors (Lipinski definition) is 4. The van der Waals surface area contributed by atoms with E-state index in [1.807, 2.05) is 6.07 Å². The summed E-state index contributed by atoms with van der Waals surface area (Å²) in [6.45, 7) is -0.0156. The highest BCUT2D eigenvalue weighted by molar-refractivity contribution is 6.11. The van der Waals surface area contributed by atoms with Gasteiger partial charge in [-0.05, 0) is 41.5 Å². The normalized spacial score (nSPS) is 11.2. The summed E-state index contributed by atoms with van der Waals surface area (Å²) < 4.78 is 15.9. The van der Waals surface area contributed by atoms with Crippen molar-refractivity contribution < 1.29 is 38.5 Å². The zero-order valence-corrected chi connectivity index (χ0v) is 20.2. The van der Waals surface area contributed by atoms with Gasteiger partial charge in [0.15, 0.2) is 0 Å². The average molecular weight is 527 g/mol. The van der Waals surface area contributed by atoms with Crippen LogP contribution in [0.2, 0.25) is 0 Å². The van der Waals surface area contributed by atoms with Crippen molar-refractivity contribution in [1.82, 2.24) is 5.43 Å². The number of phenols is 1. The summed E-state index contributed by atoms with van der Waals surface area (Å²) in [6, 6.07) is 20.8. The highest BCUT2D eigenvalue weighted by atomic mass is 16.6. The van der Waals surface area contributed by atoms with Gasteiger partial charge in [0.1, 0.15) is 35.8 Å². The molecule has 1 atom stereocenters. The Morgan fingerprint density at radius 1 is 1.03 bits per heavy atom. The number of hydrazine groups is 1. The standard InChI is InChI=1S/C28H21N3O8/c29-14-21-22(32)10-9-20(24(21)26(34)31-30)27(35)39-28(36)25-19(11-12-37-25)17-7-4-8-18(13-17)38-15-23(33)16-5-2-1-3-6-16/h1-13,23,32-33H,15,30H2,(H,31,34). The van der Waals surface area contributed by atoms with E-state index < -0.39 is 46.4 Å². The molecule has 4 aromatic rings. The Hall–Kier alpha value is -5.44. The van der Waals surface area contributed by atoms with Crippen molar-refractivity contribution in [2.45, 2.75) is 6.10 Å². The van der Waals surface area contributed by atoms with E-state index in [4.69, 9.17) is 19.7 Å². The van der Waals surface area contributed by atoms with Gasteiger partial charge >= 0.3 is 11.9 Å². The molecule has 1 heterocycles. The van der Waals surface area contributed by atoms with Gasteiger partial charge in [0.05, 0.1) is 17.4 Å². The number of rotatable bonds is 8. The van der Waals surface area contributed by atoms with Gasteiger partial charge in [-0.15, -0.1) is 0 Å². The Bertz CT molecular complexity index is 1570. The Labute approximate surface area is 221 Å². The third-order valence-electron chi connectivity index (χ3n) is 5.65. The number of phenolic OH excluding ortho intramolecular Hbond substituents is 1. The lowest BCUT2D eigenvalue weighted by molar-refractivity contribution is 0.0374. The van der Waals surface area contributed by atoms with Gasteiger partial charge in [-0.2, -0.15) is 5.26 Å². The Morgan fingerprint density at radius 2 is 1.79 bits per heavy atom. The fourth-order valence-electron chi connectivity index (χ4n) is 3.76. The fraction of sp³-hybridized carbons (Fsp3) is 0.0714. The molecular formula is C28H21N3O8. The molecule has 0 fully saturated rings. The molecule has 0 bridgehead atoms. The molecule has 0 saturated heterocycles. The Balaban J connectivity index is 1.53. The molecule has 4 rings (SSSR count). The van der Waals surface area contributed by atoms with E-state index in [0.717, 1.165) is 12.1 Å². The van der Waals surface area contributed by atoms with E-state index in [-0.39, 0.29) is 17.9 Å². The third-order valence-corrected chi connectivity index (χ3v) is 5.65. The van der Waals surface area contributed by atoms with Gasteiger partial charge in [-0.3, -0.25) is 10.2 Å². The molecule has 1 unspecified atom stereocenters. The van der Waals surface area contributed by atoms with Gasteiger partial charge in [0, 0.05) is 5.56 Å². The number of furan rings is 1. The molecule has 3 aromatic carbocycles. The number of aromatic hydroxyl groups is 1. The van der Waals surface area contributed by atoms with Crippen molar-refractivity contribution >= 4 is 17.8 Å². The van der Waals surface area contributed by atoms with Gasteiger partial charge < -0.3 is 24.1 Å². The van der Waals surface area contributed by atoms with E-state index in [0.29, 0.717) is 16.9 Å². The number of carbonyl (C=O) groups is 3. The first-order valence-electron chi connectivity index (χ1n) is 11.4. The van der Waals surface area contributed by atoms with E-state index in [1.165, 1.54) is 12.3 Å². The van der Waals surface area contributed by atoms with Gasteiger partial charge in [0.2, 0.25) is 5.76 Å². The van der Waals surface area contributed by atoms with Crippen LogP contribution in [-0.2, 0) is 4.74 Å². The summed E-state index contributed by atoms with van der Waals surface area (Å²) in [7, 11) is 0. The van der Waals surface area contributed by atoms with E-state index in [2.05, 4.69) is 0 Å². The van der Waals surface area contributed by atoms with Crippen LogP contribution in [0.25, 0.3) is 11.1 Å². The van der Waals surface area contributed by atoms with E-state index in [1.54, 1.807) is 60.0 Å². The van der Waals surface area contributed by atoms with Crippen LogP contribution in [0.1, 0.15) is 48.5 Å². The first kappa shape index (κ1) is 26.6. The van der Waals surface area contributed by atoms with Gasteiger partial charge in [-0.25, -0.2) is 15.4 Å². The number of nitrogens with one attached hydrogen (secondary N) is 1. The van der Waals surface area contributed by atoms with Crippen LogP contribution in [-0.4, -0.2) is 34.7 Å². The molecule has 0 radical (unpaired) electrons. The number of nitriles is 1. The summed E-state index contributed by atoms with van der Waals surface area (Å²) in [5.74, 6) is 1.18. The van der Waals surface area contributed by atoms with Crippen molar-refractivity contribution in [3.8, 4) is 28.7 Å². The number of amides is 1. The van der Waals surface area contributed by atoms with Crippen LogP contribution in [0.3, 0.4) is 0 Å². The molecule has 0 aliphatic rings. The largest absolute Gasteiger partial charge is 0.507 e. The molecule has 0 spiro atoms. The number of hydrogen-bond acceptors (Lipinski definition) is 10. The minimum Gasteiger partial charge on any atom is -0.507 e. The summed E-state index contributed by atoms with van der Waals surface area (Å²) in [4.78, 5) is 37.9. The second-order valence-electron chi connectivity index (χ2n) is 8.07. The zero-order valence-electron chi connectivity index (χ0n) is 20.2. The van der Waals surface area contributed by atoms with Crippen LogP contribution in [0.4, 0.5) is 0 Å². The molecule has 0 aliphatic heterocycles. The number of nitrogen functional groups attached to an aromatic ring is 1. The summed E-state index contributed by atoms with van der Waals surface area (Å²) in [6.07, 6.45) is 0.373. The number of benzene rings is 3. The van der Waals surface area contributed by atoms with Crippen molar-refractivity contribution in [2.24, 2.45) is 5.84 Å². The highest BCUT2D eigenvalue weighted by Gasteiger charge is 2.28. The maximum atomic E-state index is 12.9. The van der Waals surface area contributed by atoms with Crippen molar-refractivity contribution in [3.63, 3.8) is 0 Å². The highest BCUT2D eigenvalue weighted by Crippen LogP contribution is 2.30. The van der Waals surface area contributed by atoms with Crippen LogP contribution >= 0.6 is 0 Å². The predicted octanol–water partition coefficient (Wildman–Crippen LogP) is 3.24. The van der Waals surface area contributed by atoms with Crippen LogP contribution in [0.5, 0.6) is 11.5 Å². The molecular weight excluding hydrogens is 506 g/mol. The molecule has 0 aliphatic carbocycles. The number of ether oxygens (including phenoxy) is 2. The first-order valence-corrected chi connectivity index (χ1v) is 11.4. The molecule has 11 heteroatoms. The van der Waals surface area contributed by atoms with Gasteiger partial charge in [-0.1, -0.05) is 42.5 Å². The van der Waals surface area contributed by atoms with E-state index >= 15 is 0 Å². The van der Waals surface area contributed by atoms with Crippen LogP contribution < -0.4 is 16.0 Å². The average Bonchev–Trinajstić information content (AvgIpc) is 3.46. The topological polar surface area (TPSA) is 185 Å². The number of nitrogens with zero attached hydrogens (tertiary/aromatic N) is 1. The van der Waals surface area contributed by atoms with Crippen molar-refractivity contribution in [2.75, 3.05) is 6.61 Å². The number of aliphatic hydroxyl groups excluding tert-OH is 1. The van der Waals surface area contributed by atoms with Crippen molar-refractivity contribution in [3.05, 3.63) is 107 Å². The number of carbonyl (C=O) groups excluding carboxylic acids is 3. The lowest BCUT2D eigenvalue weighted by Gasteiger charge is -2.13. The van der Waals surface area contributed by atoms with E-state index in [9.17, 15) is 29.9 Å². The lowest BCUT2D eigenvalue weighted by atomic mass is 10.00. The lowest BCUT2D eigenvalue weighted by Crippen LogP contribution is -2.32. The number of aliphatic hydroxyl groups is 1. The monoisotopic (exact) mass is 527 g/mol. The van der Waals surface area contributed by atoms with Crippen LogP contribution in [0.15, 0.2) is 83.5 Å². The Morgan fingerprint density at radius 3 is 2.51 bits per heavy atom. The minimum atomic E-state index is -1.27. The number of nitrogens with two attached hydrogens (primary N) is 1. The molecule has 1 aromatic heterocycles. The third kappa shape index (κ3) is 5.78.